The highest BCUT2D eigenvalue weighted by molar-refractivity contribution is 5.85. The highest BCUT2D eigenvalue weighted by Crippen LogP contribution is 2.32. The third kappa shape index (κ3) is 1.53. The van der Waals surface area contributed by atoms with Crippen molar-refractivity contribution in [3.63, 3.8) is 0 Å². The van der Waals surface area contributed by atoms with Gasteiger partial charge < -0.3 is 9.73 Å². The molecule has 0 aliphatic carbocycles. The molecule has 2 saturated heterocycles. The summed E-state index contributed by atoms with van der Waals surface area (Å²) in [6, 6.07) is 7.08. The molecule has 1 unspecified atom stereocenters. The predicted octanol–water partition coefficient (Wildman–Crippen LogP) is 1.39. The minimum Gasteiger partial charge on any atom is -0.464 e. The molecule has 2 fully saturated rings. The molecule has 2 aromatic rings. The van der Waals surface area contributed by atoms with Gasteiger partial charge in [-0.15, -0.1) is 0 Å². The third-order valence-electron chi connectivity index (χ3n) is 4.21. The number of para-hydroxylation sites is 1. The Morgan fingerprint density at radius 3 is 3.00 bits per heavy atom. The molecule has 102 valence electrons. The molecular formula is C15H14N2O3. The van der Waals surface area contributed by atoms with Crippen molar-refractivity contribution in [3.05, 3.63) is 46.3 Å². The number of nitrogens with zero attached hydrogens (tertiary/aromatic N) is 1. The molecule has 0 bridgehead atoms. The van der Waals surface area contributed by atoms with Gasteiger partial charge in [-0.25, -0.2) is 0 Å². The quantitative estimate of drug-likeness (QED) is 0.850. The summed E-state index contributed by atoms with van der Waals surface area (Å²) in [4.78, 5) is 26.6. The predicted molar refractivity (Wildman–Crippen MR) is 73.1 cm³/mol. The van der Waals surface area contributed by atoms with Gasteiger partial charge in [0.05, 0.1) is 17.0 Å². The lowest BCUT2D eigenvalue weighted by molar-refractivity contribution is -0.121. The summed E-state index contributed by atoms with van der Waals surface area (Å²) in [6.07, 6.45) is 2.99. The lowest BCUT2D eigenvalue weighted by atomic mass is 10.1. The van der Waals surface area contributed by atoms with Crippen LogP contribution in [-0.4, -0.2) is 23.4 Å². The zero-order chi connectivity index (χ0) is 13.7. The minimum atomic E-state index is -0.351. The van der Waals surface area contributed by atoms with Crippen LogP contribution in [0.2, 0.25) is 0 Å². The van der Waals surface area contributed by atoms with E-state index in [0.29, 0.717) is 16.5 Å². The molecule has 0 saturated carbocycles. The number of amides is 1. The van der Waals surface area contributed by atoms with Crippen LogP contribution in [0.5, 0.6) is 0 Å². The smallest absolute Gasteiger partial charge is 0.238 e. The Bertz CT molecular complexity index is 752. The van der Waals surface area contributed by atoms with Crippen LogP contribution in [-0.2, 0) is 4.79 Å². The molecule has 5 nitrogen and oxygen atoms in total. The van der Waals surface area contributed by atoms with Gasteiger partial charge in [0.15, 0.2) is 5.43 Å². The molecule has 5 heteroatoms. The summed E-state index contributed by atoms with van der Waals surface area (Å²) in [5, 5.41) is 3.46. The van der Waals surface area contributed by atoms with Gasteiger partial charge in [0.25, 0.3) is 0 Å². The second kappa shape index (κ2) is 4.18. The van der Waals surface area contributed by atoms with Crippen molar-refractivity contribution in [1.29, 1.82) is 0 Å². The monoisotopic (exact) mass is 270 g/mol. The van der Waals surface area contributed by atoms with E-state index in [1.165, 1.54) is 6.26 Å². The summed E-state index contributed by atoms with van der Waals surface area (Å²) in [5.41, 5.74) is 1.02. The Morgan fingerprint density at radius 1 is 1.25 bits per heavy atom. The van der Waals surface area contributed by atoms with Crippen LogP contribution in [0, 0.1) is 0 Å². The Hall–Kier alpha value is -2.14. The van der Waals surface area contributed by atoms with E-state index < -0.39 is 0 Å². The molecule has 20 heavy (non-hydrogen) atoms. The topological polar surface area (TPSA) is 62.6 Å². The molecule has 1 amide bonds. The molecule has 0 spiro atoms. The highest BCUT2D eigenvalue weighted by Gasteiger charge is 2.44. The van der Waals surface area contributed by atoms with E-state index >= 15 is 0 Å². The van der Waals surface area contributed by atoms with Crippen molar-refractivity contribution in [1.82, 2.24) is 10.2 Å². The third-order valence-corrected chi connectivity index (χ3v) is 4.21. The van der Waals surface area contributed by atoms with Crippen LogP contribution < -0.4 is 10.7 Å². The lowest BCUT2D eigenvalue weighted by Gasteiger charge is -2.21. The van der Waals surface area contributed by atoms with Crippen LogP contribution in [0.15, 0.2) is 39.7 Å². The standard InChI is InChI=1S/C15H14N2O3/c18-13-9-4-1-2-6-12(9)20-8-10(13)14-16-15(19)11-5-3-7-17(11)14/h1-2,4,6,8,11,14H,3,5,7H2,(H,16,19)/t11-,14?/m1/s1. The van der Waals surface area contributed by atoms with Crippen LogP contribution in [0.3, 0.4) is 0 Å². The minimum absolute atomic E-state index is 0.0139. The van der Waals surface area contributed by atoms with Crippen LogP contribution in [0.25, 0.3) is 11.0 Å². The summed E-state index contributed by atoms with van der Waals surface area (Å²) >= 11 is 0. The summed E-state index contributed by atoms with van der Waals surface area (Å²) in [6.45, 7) is 0.834. The van der Waals surface area contributed by atoms with Crippen molar-refractivity contribution in [2.75, 3.05) is 6.54 Å². The van der Waals surface area contributed by atoms with Crippen molar-refractivity contribution < 1.29 is 9.21 Å². The first-order chi connectivity index (χ1) is 9.75. The Balaban J connectivity index is 1.85. The summed E-state index contributed by atoms with van der Waals surface area (Å²) in [7, 11) is 0. The second-order valence-corrected chi connectivity index (χ2v) is 5.32. The number of rotatable bonds is 1. The Labute approximate surface area is 115 Å². The number of fused-ring (bicyclic) bond motifs is 2. The number of nitrogens with one attached hydrogen (secondary N) is 1. The Kier molecular flexibility index (Phi) is 2.44. The largest absolute Gasteiger partial charge is 0.464 e. The number of carbonyl (C=O) groups is 1. The number of carbonyl (C=O) groups excluding carboxylic acids is 1. The number of hydrogen-bond acceptors (Lipinski definition) is 4. The van der Waals surface area contributed by atoms with Gasteiger partial charge in [-0.05, 0) is 25.0 Å². The molecule has 2 aliphatic heterocycles. The zero-order valence-corrected chi connectivity index (χ0v) is 10.8. The molecule has 1 aromatic heterocycles. The number of benzene rings is 1. The van der Waals surface area contributed by atoms with Crippen LogP contribution in [0.4, 0.5) is 0 Å². The summed E-state index contributed by atoms with van der Waals surface area (Å²) < 4.78 is 5.54. The van der Waals surface area contributed by atoms with Crippen LogP contribution >= 0.6 is 0 Å². The van der Waals surface area contributed by atoms with E-state index in [-0.39, 0.29) is 23.5 Å². The second-order valence-electron chi connectivity index (χ2n) is 5.32. The van der Waals surface area contributed by atoms with Gasteiger partial charge >= 0.3 is 0 Å². The molecule has 1 N–H and O–H groups in total. The van der Waals surface area contributed by atoms with Gasteiger partial charge in [0.1, 0.15) is 18.0 Å². The van der Waals surface area contributed by atoms with Crippen molar-refractivity contribution in [2.45, 2.75) is 25.0 Å². The van der Waals surface area contributed by atoms with Crippen molar-refractivity contribution in [2.24, 2.45) is 0 Å². The molecule has 1 aromatic carbocycles. The van der Waals surface area contributed by atoms with Gasteiger partial charge in [0.2, 0.25) is 5.91 Å². The van der Waals surface area contributed by atoms with Crippen molar-refractivity contribution in [3.8, 4) is 0 Å². The number of hydrogen-bond donors (Lipinski definition) is 1. The van der Waals surface area contributed by atoms with Gasteiger partial charge in [-0.2, -0.15) is 0 Å². The zero-order valence-electron chi connectivity index (χ0n) is 10.8. The highest BCUT2D eigenvalue weighted by atomic mass is 16.3. The van der Waals surface area contributed by atoms with Gasteiger partial charge in [-0.3, -0.25) is 14.5 Å². The van der Waals surface area contributed by atoms with E-state index in [1.807, 2.05) is 12.1 Å². The molecule has 4 rings (SSSR count). The summed E-state index contributed by atoms with van der Waals surface area (Å²) in [5.74, 6) is 0.0139. The lowest BCUT2D eigenvalue weighted by Crippen LogP contribution is -2.32. The van der Waals surface area contributed by atoms with E-state index in [1.54, 1.807) is 12.1 Å². The fraction of sp³-hybridized carbons (Fsp3) is 0.333. The average Bonchev–Trinajstić information content (AvgIpc) is 3.05. The first-order valence-corrected chi connectivity index (χ1v) is 6.82. The van der Waals surface area contributed by atoms with E-state index in [2.05, 4.69) is 10.2 Å². The molecule has 0 radical (unpaired) electrons. The van der Waals surface area contributed by atoms with E-state index in [9.17, 15) is 9.59 Å². The average molecular weight is 270 g/mol. The molecule has 2 aliphatic rings. The molecular weight excluding hydrogens is 256 g/mol. The first-order valence-electron chi connectivity index (χ1n) is 6.82. The maximum absolute atomic E-state index is 12.6. The Morgan fingerprint density at radius 2 is 2.10 bits per heavy atom. The van der Waals surface area contributed by atoms with Gasteiger partial charge in [-0.1, -0.05) is 12.1 Å². The van der Waals surface area contributed by atoms with Gasteiger partial charge in [0, 0.05) is 6.54 Å². The molecule has 2 atom stereocenters. The normalized spacial score (nSPS) is 25.9. The van der Waals surface area contributed by atoms with E-state index in [0.717, 1.165) is 19.4 Å². The first kappa shape index (κ1) is 11.7. The maximum atomic E-state index is 12.6. The van der Waals surface area contributed by atoms with E-state index in [4.69, 9.17) is 4.42 Å². The fourth-order valence-corrected chi connectivity index (χ4v) is 3.23. The maximum Gasteiger partial charge on any atom is 0.238 e. The fourth-order valence-electron chi connectivity index (χ4n) is 3.23. The van der Waals surface area contributed by atoms with Crippen LogP contribution in [0.1, 0.15) is 24.6 Å². The SMILES string of the molecule is O=C1NC(c2coc3ccccc3c2=O)N2CCC[C@H]12. The van der Waals surface area contributed by atoms with Crippen molar-refractivity contribution >= 4 is 16.9 Å². The molecule has 3 heterocycles.